The predicted molar refractivity (Wildman–Crippen MR) is 150 cm³/mol. The second kappa shape index (κ2) is 9.54. The maximum Gasteiger partial charge on any atom is 0.248 e. The van der Waals surface area contributed by atoms with E-state index >= 15 is 0 Å². The normalized spacial score (nSPS) is 21.4. The third-order valence-corrected chi connectivity index (χ3v) is 8.23. The fourth-order valence-corrected chi connectivity index (χ4v) is 6.10. The number of benzene rings is 1. The number of anilines is 1. The highest BCUT2D eigenvalue weighted by atomic mass is 79.9. The smallest absolute Gasteiger partial charge is 0.248 e. The number of aromatic nitrogens is 6. The van der Waals surface area contributed by atoms with E-state index in [2.05, 4.69) is 53.2 Å². The molecular formula is C28H27BrN8O3. The molecule has 11 nitrogen and oxygen atoms in total. The Balaban J connectivity index is 1.32. The van der Waals surface area contributed by atoms with Gasteiger partial charge in [-0.05, 0) is 71.3 Å². The summed E-state index contributed by atoms with van der Waals surface area (Å²) >= 11 is 3.26. The Hall–Kier alpha value is -4.06. The van der Waals surface area contributed by atoms with Crippen LogP contribution in [-0.4, -0.2) is 64.3 Å². The number of rotatable bonds is 6. The first kappa shape index (κ1) is 26.2. The molecule has 4 aromatic rings. The fourth-order valence-electron chi connectivity index (χ4n) is 5.79. The standard InChI is InChI=1S/C28H27BrN8O3/c1-14-5-17(18-9-31-16(3)32-10-18)6-19-25(15(2)38)35-36(26(14)19)13-24(39)37-20(7-28(4)8-21(28)37)27(40)34-23-12-30-11-22(29)33-23/h5-6,9-12,20-21H,7-8,13H2,1-4H3,(H,33,34,40)/t20-,21?,28-/m0/s1. The van der Waals surface area contributed by atoms with Gasteiger partial charge in [-0.2, -0.15) is 5.10 Å². The van der Waals surface area contributed by atoms with Crippen LogP contribution in [0.2, 0.25) is 0 Å². The Morgan fingerprint density at radius 2 is 1.82 bits per heavy atom. The van der Waals surface area contributed by atoms with E-state index in [1.807, 2.05) is 26.0 Å². The molecule has 1 aromatic carbocycles. The van der Waals surface area contributed by atoms with Gasteiger partial charge in [0.25, 0.3) is 0 Å². The summed E-state index contributed by atoms with van der Waals surface area (Å²) in [5, 5.41) is 8.04. The second-order valence-electron chi connectivity index (χ2n) is 10.9. The Morgan fingerprint density at radius 3 is 2.52 bits per heavy atom. The average molecular weight is 603 g/mol. The van der Waals surface area contributed by atoms with E-state index < -0.39 is 6.04 Å². The Bertz CT molecular complexity index is 1700. The zero-order valence-electron chi connectivity index (χ0n) is 22.5. The van der Waals surface area contributed by atoms with Crippen molar-refractivity contribution in [3.63, 3.8) is 0 Å². The lowest BCUT2D eigenvalue weighted by Crippen LogP contribution is -2.46. The minimum atomic E-state index is -0.639. The number of nitrogens with one attached hydrogen (secondary N) is 1. The molecule has 0 bridgehead atoms. The van der Waals surface area contributed by atoms with Crippen LogP contribution in [0.25, 0.3) is 22.0 Å². The number of amides is 2. The number of likely N-dealkylation sites (tertiary alicyclic amines) is 1. The zero-order valence-corrected chi connectivity index (χ0v) is 24.1. The van der Waals surface area contributed by atoms with Crippen molar-refractivity contribution in [3.8, 4) is 11.1 Å². The molecule has 1 N–H and O–H groups in total. The maximum atomic E-state index is 13.8. The van der Waals surface area contributed by atoms with Gasteiger partial charge in [0.15, 0.2) is 11.6 Å². The van der Waals surface area contributed by atoms with Gasteiger partial charge in [0, 0.05) is 36.3 Å². The molecule has 4 heterocycles. The highest BCUT2D eigenvalue weighted by Gasteiger charge is 2.64. The van der Waals surface area contributed by atoms with Gasteiger partial charge in [0.2, 0.25) is 11.8 Å². The molecule has 12 heteroatoms. The highest BCUT2D eigenvalue weighted by molar-refractivity contribution is 9.10. The van der Waals surface area contributed by atoms with Crippen LogP contribution in [0.1, 0.15) is 48.6 Å². The first-order chi connectivity index (χ1) is 19.0. The number of hydrogen-bond acceptors (Lipinski definition) is 8. The number of piperidine rings is 1. The van der Waals surface area contributed by atoms with Gasteiger partial charge >= 0.3 is 0 Å². The van der Waals surface area contributed by atoms with Gasteiger partial charge in [0.05, 0.1) is 17.9 Å². The lowest BCUT2D eigenvalue weighted by molar-refractivity contribution is -0.138. The molecule has 40 heavy (non-hydrogen) atoms. The number of fused-ring (bicyclic) bond motifs is 2. The van der Waals surface area contributed by atoms with Crippen molar-refractivity contribution in [2.24, 2.45) is 5.41 Å². The quantitative estimate of drug-likeness (QED) is 0.328. The van der Waals surface area contributed by atoms with Crippen LogP contribution in [-0.2, 0) is 16.1 Å². The zero-order chi connectivity index (χ0) is 28.3. The summed E-state index contributed by atoms with van der Waals surface area (Å²) in [6.45, 7) is 7.22. The van der Waals surface area contributed by atoms with Crippen molar-refractivity contribution in [2.45, 2.75) is 59.2 Å². The summed E-state index contributed by atoms with van der Waals surface area (Å²) < 4.78 is 2.09. The molecular weight excluding hydrogens is 576 g/mol. The topological polar surface area (TPSA) is 136 Å². The number of Topliss-reactive ketones (excluding diaryl/α,β-unsaturated/α-hetero) is 1. The number of aryl methyl sites for hydroxylation is 2. The van der Waals surface area contributed by atoms with Gasteiger partial charge in [-0.25, -0.2) is 15.0 Å². The average Bonchev–Trinajstić information content (AvgIpc) is 3.25. The third-order valence-electron chi connectivity index (χ3n) is 7.85. The Kier molecular flexibility index (Phi) is 6.25. The number of carbonyl (C=O) groups excluding carboxylic acids is 3. The minimum Gasteiger partial charge on any atom is -0.325 e. The van der Waals surface area contributed by atoms with Crippen molar-refractivity contribution in [3.05, 3.63) is 58.6 Å². The predicted octanol–water partition coefficient (Wildman–Crippen LogP) is 3.88. The summed E-state index contributed by atoms with van der Waals surface area (Å²) in [4.78, 5) is 58.2. The monoisotopic (exact) mass is 602 g/mol. The molecule has 204 valence electrons. The molecule has 1 saturated heterocycles. The summed E-state index contributed by atoms with van der Waals surface area (Å²) in [5.41, 5.74) is 3.45. The summed E-state index contributed by atoms with van der Waals surface area (Å²) in [6, 6.07) is 3.21. The van der Waals surface area contributed by atoms with E-state index in [1.165, 1.54) is 19.3 Å². The molecule has 0 radical (unpaired) electrons. The van der Waals surface area contributed by atoms with Crippen LogP contribution in [0.4, 0.5) is 5.82 Å². The lowest BCUT2D eigenvalue weighted by atomic mass is 10.0. The van der Waals surface area contributed by atoms with Crippen molar-refractivity contribution in [1.29, 1.82) is 0 Å². The molecule has 2 amide bonds. The van der Waals surface area contributed by atoms with Gasteiger partial charge in [0.1, 0.15) is 28.7 Å². The van der Waals surface area contributed by atoms with Crippen molar-refractivity contribution < 1.29 is 14.4 Å². The number of hydrogen-bond donors (Lipinski definition) is 1. The van der Waals surface area contributed by atoms with E-state index in [1.54, 1.807) is 22.0 Å². The lowest BCUT2D eigenvalue weighted by Gasteiger charge is -2.27. The minimum absolute atomic E-state index is 0.0207. The van der Waals surface area contributed by atoms with Crippen molar-refractivity contribution in [1.82, 2.24) is 34.6 Å². The molecule has 2 fully saturated rings. The Labute approximate surface area is 238 Å². The van der Waals surface area contributed by atoms with Crippen LogP contribution in [0.15, 0.2) is 41.5 Å². The number of halogens is 1. The van der Waals surface area contributed by atoms with Gasteiger partial charge < -0.3 is 10.2 Å². The largest absolute Gasteiger partial charge is 0.325 e. The molecule has 1 aliphatic heterocycles. The fraction of sp³-hybridized carbons (Fsp3) is 0.357. The molecule has 1 saturated carbocycles. The van der Waals surface area contributed by atoms with Crippen molar-refractivity contribution in [2.75, 3.05) is 5.32 Å². The molecule has 0 spiro atoms. The van der Waals surface area contributed by atoms with Crippen LogP contribution in [0, 0.1) is 19.3 Å². The van der Waals surface area contributed by atoms with Gasteiger partial charge in [-0.15, -0.1) is 0 Å². The number of carbonyl (C=O) groups is 3. The highest BCUT2D eigenvalue weighted by Crippen LogP contribution is 2.59. The summed E-state index contributed by atoms with van der Waals surface area (Å²) in [7, 11) is 0. The van der Waals surface area contributed by atoms with Crippen LogP contribution in [0.5, 0.6) is 0 Å². The first-order valence-corrected chi connectivity index (χ1v) is 13.7. The van der Waals surface area contributed by atoms with E-state index in [-0.39, 0.29) is 35.6 Å². The number of nitrogens with zero attached hydrogens (tertiary/aromatic N) is 7. The molecule has 2 aliphatic rings. The second-order valence-corrected chi connectivity index (χ2v) is 11.7. The van der Waals surface area contributed by atoms with Crippen molar-refractivity contribution >= 4 is 50.2 Å². The van der Waals surface area contributed by atoms with Gasteiger partial charge in [-0.1, -0.05) is 6.92 Å². The number of ketones is 1. The SMILES string of the molecule is CC(=O)c1nn(CC(=O)N2C3C[C@]3(C)C[C@H]2C(=O)Nc2cncc(Br)n2)c2c(C)cc(-c3cnc(C)nc3)cc12. The van der Waals surface area contributed by atoms with E-state index in [9.17, 15) is 14.4 Å². The molecule has 3 atom stereocenters. The Morgan fingerprint density at radius 1 is 1.07 bits per heavy atom. The van der Waals surface area contributed by atoms with Crippen LogP contribution in [0.3, 0.4) is 0 Å². The molecule has 6 rings (SSSR count). The molecule has 3 aromatic heterocycles. The molecule has 1 aliphatic carbocycles. The molecule has 1 unspecified atom stereocenters. The van der Waals surface area contributed by atoms with Gasteiger partial charge in [-0.3, -0.25) is 24.0 Å². The summed E-state index contributed by atoms with van der Waals surface area (Å²) in [5.74, 6) is 0.262. The maximum absolute atomic E-state index is 13.8. The third kappa shape index (κ3) is 4.55. The summed E-state index contributed by atoms with van der Waals surface area (Å²) in [6.07, 6.45) is 7.89. The van der Waals surface area contributed by atoms with E-state index in [0.717, 1.165) is 23.1 Å². The first-order valence-electron chi connectivity index (χ1n) is 12.9. The van der Waals surface area contributed by atoms with Crippen LogP contribution >= 0.6 is 15.9 Å². The van der Waals surface area contributed by atoms with E-state index in [4.69, 9.17) is 0 Å². The van der Waals surface area contributed by atoms with Crippen LogP contribution < -0.4 is 5.32 Å². The van der Waals surface area contributed by atoms with E-state index in [0.29, 0.717) is 39.3 Å².